The fourth-order valence-electron chi connectivity index (χ4n) is 1.59. The van der Waals surface area contributed by atoms with Crippen molar-refractivity contribution in [3.8, 4) is 0 Å². The summed E-state index contributed by atoms with van der Waals surface area (Å²) >= 11 is 0. The van der Waals surface area contributed by atoms with Crippen molar-refractivity contribution in [1.29, 1.82) is 0 Å². The summed E-state index contributed by atoms with van der Waals surface area (Å²) in [5.41, 5.74) is 0. The average molecular weight is 265 g/mol. The van der Waals surface area contributed by atoms with Crippen LogP contribution in [0.1, 0.15) is 49.1 Å². The number of rotatable bonds is 5. The summed E-state index contributed by atoms with van der Waals surface area (Å²) in [7, 11) is 1.57. The van der Waals surface area contributed by atoms with Crippen LogP contribution < -0.4 is 5.32 Å². The highest BCUT2D eigenvalue weighted by Crippen LogP contribution is 2.18. The Morgan fingerprint density at radius 3 is 2.68 bits per heavy atom. The van der Waals surface area contributed by atoms with Crippen molar-refractivity contribution in [2.24, 2.45) is 0 Å². The molecule has 1 heterocycles. The molecule has 0 spiro atoms. The summed E-state index contributed by atoms with van der Waals surface area (Å²) < 4.78 is 0. The number of nitrogens with one attached hydrogen (secondary N) is 2. The van der Waals surface area contributed by atoms with Gasteiger partial charge in [-0.3, -0.25) is 14.7 Å². The number of carbonyl (C=O) groups is 2. The van der Waals surface area contributed by atoms with Crippen molar-refractivity contribution in [3.63, 3.8) is 0 Å². The van der Waals surface area contributed by atoms with Gasteiger partial charge in [-0.25, -0.2) is 4.98 Å². The van der Waals surface area contributed by atoms with Gasteiger partial charge in [-0.05, 0) is 12.8 Å². The maximum atomic E-state index is 12.0. The van der Waals surface area contributed by atoms with Gasteiger partial charge in [-0.15, -0.1) is 5.10 Å². The van der Waals surface area contributed by atoms with Crippen LogP contribution in [0.2, 0.25) is 0 Å². The molecule has 1 aromatic heterocycles. The van der Waals surface area contributed by atoms with Crippen LogP contribution >= 0.6 is 0 Å². The number of amides is 2. The third kappa shape index (κ3) is 3.52. The highest BCUT2D eigenvalue weighted by molar-refractivity contribution is 5.93. The largest absolute Gasteiger partial charge is 0.352 e. The molecule has 0 aromatic carbocycles. The molecule has 0 aliphatic heterocycles. The maximum Gasteiger partial charge on any atom is 0.293 e. The predicted molar refractivity (Wildman–Crippen MR) is 68.6 cm³/mol. The van der Waals surface area contributed by atoms with Gasteiger partial charge in [0.15, 0.2) is 0 Å². The molecule has 1 fully saturated rings. The number of aromatic amines is 1. The number of aromatic nitrogens is 3. The number of hydrogen-bond acceptors (Lipinski definition) is 4. The van der Waals surface area contributed by atoms with Gasteiger partial charge in [0.2, 0.25) is 11.7 Å². The quantitative estimate of drug-likeness (QED) is 0.800. The molecular weight excluding hydrogens is 246 g/mol. The predicted octanol–water partition coefficient (Wildman–Crippen LogP) is 0.279. The monoisotopic (exact) mass is 265 g/mol. The lowest BCUT2D eigenvalue weighted by molar-refractivity contribution is -0.121. The molecule has 104 valence electrons. The van der Waals surface area contributed by atoms with Crippen molar-refractivity contribution < 1.29 is 9.59 Å². The van der Waals surface area contributed by atoms with E-state index in [-0.39, 0.29) is 30.1 Å². The minimum absolute atomic E-state index is 0.0287. The van der Waals surface area contributed by atoms with Crippen LogP contribution in [0.5, 0.6) is 0 Å². The molecule has 0 unspecified atom stereocenters. The van der Waals surface area contributed by atoms with Gasteiger partial charge in [0.05, 0.1) is 6.54 Å². The van der Waals surface area contributed by atoms with Crippen molar-refractivity contribution >= 4 is 11.8 Å². The van der Waals surface area contributed by atoms with Crippen LogP contribution in [0.25, 0.3) is 0 Å². The molecule has 1 saturated carbocycles. The molecule has 0 bridgehead atoms. The van der Waals surface area contributed by atoms with Gasteiger partial charge in [-0.1, -0.05) is 13.8 Å². The van der Waals surface area contributed by atoms with Crippen LogP contribution in [-0.4, -0.2) is 51.5 Å². The summed E-state index contributed by atoms with van der Waals surface area (Å²) in [4.78, 5) is 29.1. The minimum Gasteiger partial charge on any atom is -0.352 e. The Kier molecular flexibility index (Phi) is 3.82. The van der Waals surface area contributed by atoms with Gasteiger partial charge in [0.25, 0.3) is 5.91 Å². The van der Waals surface area contributed by atoms with E-state index in [0.717, 1.165) is 12.8 Å². The molecular formula is C12H19N5O2. The maximum absolute atomic E-state index is 12.0. The molecule has 7 heteroatoms. The summed E-state index contributed by atoms with van der Waals surface area (Å²) in [5.74, 6) is 0.453. The lowest BCUT2D eigenvalue weighted by Gasteiger charge is -2.14. The Balaban J connectivity index is 1.91. The number of likely N-dealkylation sites (N-methyl/N-ethyl adjacent to an activating group) is 1. The SMILES string of the molecule is CC(C)c1nc(C(=O)N(C)CC(=O)NC2CC2)n[nH]1. The van der Waals surface area contributed by atoms with E-state index in [1.807, 2.05) is 13.8 Å². The normalized spacial score (nSPS) is 14.5. The van der Waals surface area contributed by atoms with Crippen LogP contribution in [0, 0.1) is 0 Å². The second-order valence-electron chi connectivity index (χ2n) is 5.20. The van der Waals surface area contributed by atoms with E-state index in [1.54, 1.807) is 7.05 Å². The van der Waals surface area contributed by atoms with E-state index in [4.69, 9.17) is 0 Å². The molecule has 19 heavy (non-hydrogen) atoms. The first-order valence-electron chi connectivity index (χ1n) is 6.44. The van der Waals surface area contributed by atoms with Crippen molar-refractivity contribution in [3.05, 3.63) is 11.6 Å². The van der Waals surface area contributed by atoms with Crippen LogP contribution in [0.15, 0.2) is 0 Å². The zero-order valence-corrected chi connectivity index (χ0v) is 11.4. The van der Waals surface area contributed by atoms with Gasteiger partial charge in [0, 0.05) is 19.0 Å². The van der Waals surface area contributed by atoms with Crippen molar-refractivity contribution in [1.82, 2.24) is 25.4 Å². The standard InChI is InChI=1S/C12H19N5O2/c1-7(2)10-14-11(16-15-10)12(19)17(3)6-9(18)13-8-4-5-8/h7-8H,4-6H2,1-3H3,(H,13,18)(H,14,15,16). The first-order chi connectivity index (χ1) is 8.97. The molecule has 2 amide bonds. The number of hydrogen-bond donors (Lipinski definition) is 2. The topological polar surface area (TPSA) is 91.0 Å². The van der Waals surface area contributed by atoms with Crippen molar-refractivity contribution in [2.45, 2.75) is 38.6 Å². The van der Waals surface area contributed by atoms with Gasteiger partial charge < -0.3 is 10.2 Å². The molecule has 1 aliphatic rings. The second kappa shape index (κ2) is 5.38. The van der Waals surface area contributed by atoms with E-state index in [1.165, 1.54) is 4.90 Å². The molecule has 0 radical (unpaired) electrons. The summed E-state index contributed by atoms with van der Waals surface area (Å²) in [5, 5.41) is 9.44. The molecule has 2 rings (SSSR count). The van der Waals surface area contributed by atoms with E-state index in [0.29, 0.717) is 11.9 Å². The van der Waals surface area contributed by atoms with E-state index >= 15 is 0 Å². The summed E-state index contributed by atoms with van der Waals surface area (Å²) in [6.07, 6.45) is 2.06. The molecule has 7 nitrogen and oxygen atoms in total. The summed E-state index contributed by atoms with van der Waals surface area (Å²) in [6.45, 7) is 3.95. The smallest absolute Gasteiger partial charge is 0.293 e. The molecule has 1 aliphatic carbocycles. The van der Waals surface area contributed by atoms with Crippen molar-refractivity contribution in [2.75, 3.05) is 13.6 Å². The van der Waals surface area contributed by atoms with Crippen LogP contribution in [-0.2, 0) is 4.79 Å². The highest BCUT2D eigenvalue weighted by atomic mass is 16.2. The highest BCUT2D eigenvalue weighted by Gasteiger charge is 2.25. The van der Waals surface area contributed by atoms with E-state index < -0.39 is 0 Å². The minimum atomic E-state index is -0.353. The fourth-order valence-corrected chi connectivity index (χ4v) is 1.59. The fraction of sp³-hybridized carbons (Fsp3) is 0.667. The Labute approximate surface area is 111 Å². The second-order valence-corrected chi connectivity index (χ2v) is 5.20. The molecule has 1 aromatic rings. The zero-order chi connectivity index (χ0) is 14.0. The lowest BCUT2D eigenvalue weighted by Crippen LogP contribution is -2.39. The number of carbonyl (C=O) groups excluding carboxylic acids is 2. The summed E-state index contributed by atoms with van der Waals surface area (Å²) in [6, 6.07) is 0.298. The van der Waals surface area contributed by atoms with Crippen LogP contribution in [0.3, 0.4) is 0 Å². The Bertz CT molecular complexity index is 478. The zero-order valence-electron chi connectivity index (χ0n) is 11.4. The Morgan fingerprint density at radius 1 is 1.47 bits per heavy atom. The Hall–Kier alpha value is -1.92. The van der Waals surface area contributed by atoms with E-state index in [2.05, 4.69) is 20.5 Å². The van der Waals surface area contributed by atoms with Gasteiger partial charge in [-0.2, -0.15) is 0 Å². The molecule has 0 saturated heterocycles. The average Bonchev–Trinajstić information content (AvgIpc) is 3.00. The van der Waals surface area contributed by atoms with Gasteiger partial charge in [0.1, 0.15) is 5.82 Å². The van der Waals surface area contributed by atoms with Gasteiger partial charge >= 0.3 is 0 Å². The van der Waals surface area contributed by atoms with E-state index in [9.17, 15) is 9.59 Å². The first kappa shape index (κ1) is 13.5. The third-order valence-electron chi connectivity index (χ3n) is 2.91. The third-order valence-corrected chi connectivity index (χ3v) is 2.91. The molecule has 2 N–H and O–H groups in total. The Morgan fingerprint density at radius 2 is 2.16 bits per heavy atom. The number of nitrogens with zero attached hydrogens (tertiary/aromatic N) is 3. The number of H-pyrrole nitrogens is 1. The lowest BCUT2D eigenvalue weighted by atomic mass is 10.2. The van der Waals surface area contributed by atoms with Crippen LogP contribution in [0.4, 0.5) is 0 Å². The first-order valence-corrected chi connectivity index (χ1v) is 6.44. The molecule has 0 atom stereocenters.